The molecule has 1 aromatic carbocycles. The normalized spacial score (nSPS) is 14.1. The van der Waals surface area contributed by atoms with E-state index >= 15 is 0 Å². The van der Waals surface area contributed by atoms with E-state index < -0.39 is 23.8 Å². The van der Waals surface area contributed by atoms with Crippen molar-refractivity contribution in [3.05, 3.63) is 47.4 Å². The Hall–Kier alpha value is -2.11. The van der Waals surface area contributed by atoms with Gasteiger partial charge in [0.2, 0.25) is 0 Å². The van der Waals surface area contributed by atoms with E-state index in [1.807, 2.05) is 0 Å². The molecule has 0 N–H and O–H groups in total. The third-order valence-electron chi connectivity index (χ3n) is 2.15. The number of imide groups is 1. The molecule has 0 spiro atoms. The first-order valence-electron chi connectivity index (χ1n) is 4.22. The van der Waals surface area contributed by atoms with Crippen LogP contribution in [0.2, 0.25) is 0 Å². The van der Waals surface area contributed by atoms with Crippen LogP contribution in [0.25, 0.3) is 0 Å². The molecule has 0 fully saturated rings. The SMILES string of the molecule is O=C1c2ccccc2C(=O)N1C(F)=C(F)F. The van der Waals surface area contributed by atoms with Crippen LogP contribution in [0.1, 0.15) is 20.7 Å². The predicted molar refractivity (Wildman–Crippen MR) is 47.3 cm³/mol. The first kappa shape index (κ1) is 10.4. The minimum absolute atomic E-state index is 0.0797. The quantitative estimate of drug-likeness (QED) is 0.545. The number of fused-ring (bicyclic) bond motifs is 1. The van der Waals surface area contributed by atoms with E-state index in [1.54, 1.807) is 0 Å². The maximum absolute atomic E-state index is 12.9. The Labute approximate surface area is 87.8 Å². The van der Waals surface area contributed by atoms with Gasteiger partial charge in [0.05, 0.1) is 11.1 Å². The molecule has 0 saturated heterocycles. The number of amides is 2. The van der Waals surface area contributed by atoms with Gasteiger partial charge in [-0.1, -0.05) is 12.1 Å². The van der Waals surface area contributed by atoms with Crippen LogP contribution in [-0.4, -0.2) is 16.7 Å². The molecule has 1 heterocycles. The van der Waals surface area contributed by atoms with Gasteiger partial charge in [-0.2, -0.15) is 13.2 Å². The number of hydrogen-bond donors (Lipinski definition) is 0. The summed E-state index contributed by atoms with van der Waals surface area (Å²) < 4.78 is 36.9. The van der Waals surface area contributed by atoms with E-state index in [2.05, 4.69) is 0 Å². The minimum Gasteiger partial charge on any atom is -0.268 e. The third kappa shape index (κ3) is 1.30. The van der Waals surface area contributed by atoms with Gasteiger partial charge in [0.1, 0.15) is 0 Å². The van der Waals surface area contributed by atoms with Gasteiger partial charge in [0.25, 0.3) is 17.8 Å². The summed E-state index contributed by atoms with van der Waals surface area (Å²) in [5.74, 6) is -4.27. The third-order valence-corrected chi connectivity index (χ3v) is 2.15. The lowest BCUT2D eigenvalue weighted by atomic mass is 10.1. The highest BCUT2D eigenvalue weighted by atomic mass is 19.3. The lowest BCUT2D eigenvalue weighted by molar-refractivity contribution is 0.0651. The average molecular weight is 227 g/mol. The molecular formula is C10H4F3NO2. The molecule has 16 heavy (non-hydrogen) atoms. The number of halogens is 3. The van der Waals surface area contributed by atoms with Gasteiger partial charge >= 0.3 is 6.08 Å². The molecule has 0 bridgehead atoms. The maximum Gasteiger partial charge on any atom is 0.323 e. The summed E-state index contributed by atoms with van der Waals surface area (Å²) in [5.41, 5.74) is -0.159. The van der Waals surface area contributed by atoms with Crippen LogP contribution in [0.15, 0.2) is 36.3 Å². The zero-order chi connectivity index (χ0) is 11.9. The van der Waals surface area contributed by atoms with Crippen molar-refractivity contribution in [1.82, 2.24) is 4.90 Å². The largest absolute Gasteiger partial charge is 0.323 e. The molecule has 6 heteroatoms. The molecule has 0 atom stereocenters. The summed E-state index contributed by atoms with van der Waals surface area (Å²) in [6, 6.07) is 5.47. The Bertz CT molecular complexity index is 486. The summed E-state index contributed by atoms with van der Waals surface area (Å²) >= 11 is 0. The summed E-state index contributed by atoms with van der Waals surface area (Å²) in [4.78, 5) is 22.7. The van der Waals surface area contributed by atoms with E-state index in [0.29, 0.717) is 0 Å². The summed E-state index contributed by atoms with van der Waals surface area (Å²) in [7, 11) is 0. The first-order valence-corrected chi connectivity index (χ1v) is 4.22. The molecule has 0 aliphatic carbocycles. The second kappa shape index (κ2) is 3.48. The standard InChI is InChI=1S/C10H4F3NO2/c11-7(12)8(13)14-9(15)5-3-1-2-4-6(5)10(14)16/h1-4H. The number of carbonyl (C=O) groups is 2. The Kier molecular flexibility index (Phi) is 2.26. The fraction of sp³-hybridized carbons (Fsp3) is 0. The van der Waals surface area contributed by atoms with E-state index in [9.17, 15) is 22.8 Å². The number of rotatable bonds is 1. The second-order valence-electron chi connectivity index (χ2n) is 3.04. The highest BCUT2D eigenvalue weighted by Crippen LogP contribution is 2.28. The van der Waals surface area contributed by atoms with Gasteiger partial charge in [-0.25, -0.2) is 4.90 Å². The Morgan fingerprint density at radius 3 is 1.75 bits per heavy atom. The van der Waals surface area contributed by atoms with Crippen molar-refractivity contribution in [2.24, 2.45) is 0 Å². The molecule has 2 amide bonds. The van der Waals surface area contributed by atoms with Crippen LogP contribution in [0.5, 0.6) is 0 Å². The van der Waals surface area contributed by atoms with E-state index in [1.165, 1.54) is 24.3 Å². The van der Waals surface area contributed by atoms with Gasteiger partial charge in [-0.3, -0.25) is 9.59 Å². The average Bonchev–Trinajstić information content (AvgIpc) is 2.52. The van der Waals surface area contributed by atoms with Gasteiger partial charge in [-0.15, -0.1) is 0 Å². The predicted octanol–water partition coefficient (Wildman–Crippen LogP) is 2.32. The van der Waals surface area contributed by atoms with Crippen molar-refractivity contribution < 1.29 is 22.8 Å². The van der Waals surface area contributed by atoms with Crippen molar-refractivity contribution in [1.29, 1.82) is 0 Å². The summed E-state index contributed by atoms with van der Waals surface area (Å²) in [6.45, 7) is 0. The number of hydrogen-bond acceptors (Lipinski definition) is 2. The van der Waals surface area contributed by atoms with Gasteiger partial charge in [0.15, 0.2) is 0 Å². The van der Waals surface area contributed by atoms with Crippen molar-refractivity contribution in [3.63, 3.8) is 0 Å². The molecule has 1 aliphatic rings. The fourth-order valence-corrected chi connectivity index (χ4v) is 1.45. The summed E-state index contributed by atoms with van der Waals surface area (Å²) in [6.07, 6.45) is -2.70. The van der Waals surface area contributed by atoms with Crippen molar-refractivity contribution in [3.8, 4) is 0 Å². The molecule has 0 unspecified atom stereocenters. The zero-order valence-electron chi connectivity index (χ0n) is 7.71. The fourth-order valence-electron chi connectivity index (χ4n) is 1.45. The van der Waals surface area contributed by atoms with E-state index in [0.717, 1.165) is 0 Å². The molecule has 0 aromatic heterocycles. The van der Waals surface area contributed by atoms with Crippen LogP contribution in [0, 0.1) is 0 Å². The highest BCUT2D eigenvalue weighted by Gasteiger charge is 2.39. The van der Waals surface area contributed by atoms with Crippen molar-refractivity contribution in [2.75, 3.05) is 0 Å². The van der Waals surface area contributed by atoms with Crippen LogP contribution in [0.3, 0.4) is 0 Å². The smallest absolute Gasteiger partial charge is 0.268 e. The second-order valence-corrected chi connectivity index (χ2v) is 3.04. The van der Waals surface area contributed by atoms with E-state index in [-0.39, 0.29) is 16.0 Å². The Morgan fingerprint density at radius 1 is 0.938 bits per heavy atom. The molecule has 1 aliphatic heterocycles. The monoisotopic (exact) mass is 227 g/mol. The van der Waals surface area contributed by atoms with Crippen LogP contribution < -0.4 is 0 Å². The maximum atomic E-state index is 12.9. The molecule has 1 aromatic rings. The molecule has 2 rings (SSSR count). The molecule has 0 saturated carbocycles. The van der Waals surface area contributed by atoms with Crippen LogP contribution in [-0.2, 0) is 0 Å². The lowest BCUT2D eigenvalue weighted by Gasteiger charge is -2.08. The van der Waals surface area contributed by atoms with Crippen LogP contribution in [0.4, 0.5) is 13.2 Å². The van der Waals surface area contributed by atoms with Crippen LogP contribution >= 0.6 is 0 Å². The lowest BCUT2D eigenvalue weighted by Crippen LogP contribution is -2.27. The van der Waals surface area contributed by atoms with Crippen molar-refractivity contribution >= 4 is 11.8 Å². The van der Waals surface area contributed by atoms with Crippen molar-refractivity contribution in [2.45, 2.75) is 0 Å². The number of nitrogens with zero attached hydrogens (tertiary/aromatic N) is 1. The highest BCUT2D eigenvalue weighted by molar-refractivity contribution is 6.22. The first-order chi connectivity index (χ1) is 7.54. The topological polar surface area (TPSA) is 37.4 Å². The summed E-state index contributed by atoms with van der Waals surface area (Å²) in [5, 5.41) is 0. The minimum atomic E-state index is -2.70. The Balaban J connectivity index is 2.55. The molecule has 3 nitrogen and oxygen atoms in total. The number of benzene rings is 1. The zero-order valence-corrected chi connectivity index (χ0v) is 7.71. The molecular weight excluding hydrogens is 223 g/mol. The van der Waals surface area contributed by atoms with Gasteiger partial charge in [-0.05, 0) is 12.1 Å². The molecule has 0 radical (unpaired) electrons. The molecule has 82 valence electrons. The van der Waals surface area contributed by atoms with Gasteiger partial charge < -0.3 is 0 Å². The van der Waals surface area contributed by atoms with E-state index in [4.69, 9.17) is 0 Å². The Morgan fingerprint density at radius 2 is 1.38 bits per heavy atom. The number of carbonyl (C=O) groups excluding carboxylic acids is 2. The van der Waals surface area contributed by atoms with Gasteiger partial charge in [0, 0.05) is 0 Å².